The van der Waals surface area contributed by atoms with Crippen molar-refractivity contribution in [1.82, 2.24) is 14.9 Å². The first kappa shape index (κ1) is 17.5. The Morgan fingerprint density at radius 1 is 1.24 bits per heavy atom. The summed E-state index contributed by atoms with van der Waals surface area (Å²) in [5.74, 6) is 1.08. The molecule has 2 fully saturated rings. The second-order valence-corrected chi connectivity index (χ2v) is 8.17. The van der Waals surface area contributed by atoms with E-state index in [1.807, 2.05) is 6.08 Å². The summed E-state index contributed by atoms with van der Waals surface area (Å²) in [6, 6.07) is 2.61. The predicted molar refractivity (Wildman–Crippen MR) is 109 cm³/mol. The molecule has 2 aliphatic heterocycles. The molecule has 0 spiro atoms. The Hall–Kier alpha value is -0.890. The maximum atomic E-state index is 5.59. The molecule has 0 bridgehead atoms. The highest BCUT2D eigenvalue weighted by Crippen LogP contribution is 2.39. The molecule has 2 aromatic rings. The van der Waals surface area contributed by atoms with Crippen LogP contribution in [0.1, 0.15) is 24.4 Å². The van der Waals surface area contributed by atoms with Gasteiger partial charge in [-0.1, -0.05) is 12.7 Å². The van der Waals surface area contributed by atoms with Gasteiger partial charge in [0, 0.05) is 59.9 Å². The second kappa shape index (κ2) is 7.39. The summed E-state index contributed by atoms with van der Waals surface area (Å²) < 4.78 is 10.1. The van der Waals surface area contributed by atoms with Gasteiger partial charge in [-0.25, -0.2) is 4.98 Å². The van der Waals surface area contributed by atoms with E-state index in [-0.39, 0.29) is 0 Å². The lowest BCUT2D eigenvalue weighted by Gasteiger charge is -2.32. The Bertz CT molecular complexity index is 792. The Labute approximate surface area is 164 Å². The standard InChI is InChI=1S/C18H22Br2N4O/c1-2-13-16(20)14(19)11-15-17(13)22-18(23-7-5-21-6-8-23)24(15)12-3-9-25-10-4-12/h2,11-12,21H,1,3-10H2. The number of halogens is 2. The molecule has 134 valence electrons. The first-order valence-corrected chi connectivity index (χ1v) is 10.3. The van der Waals surface area contributed by atoms with Crippen LogP contribution in [0.15, 0.2) is 21.6 Å². The zero-order valence-electron chi connectivity index (χ0n) is 14.1. The van der Waals surface area contributed by atoms with Crippen molar-refractivity contribution in [2.75, 3.05) is 44.3 Å². The predicted octanol–water partition coefficient (Wildman–Crippen LogP) is 3.97. The van der Waals surface area contributed by atoms with Gasteiger partial charge in [-0.2, -0.15) is 0 Å². The number of aromatic nitrogens is 2. The van der Waals surface area contributed by atoms with Crippen LogP contribution in [-0.2, 0) is 4.74 Å². The van der Waals surface area contributed by atoms with Crippen molar-refractivity contribution >= 4 is 54.9 Å². The third-order valence-electron chi connectivity index (χ3n) is 5.05. The average Bonchev–Trinajstić information content (AvgIpc) is 3.03. The van der Waals surface area contributed by atoms with Crippen molar-refractivity contribution in [3.63, 3.8) is 0 Å². The number of imidazole rings is 1. The topological polar surface area (TPSA) is 42.3 Å². The first-order valence-electron chi connectivity index (χ1n) is 8.76. The summed E-state index contributed by atoms with van der Waals surface area (Å²) in [5, 5.41) is 3.43. The molecular formula is C18H22Br2N4O. The van der Waals surface area contributed by atoms with E-state index in [1.165, 1.54) is 5.52 Å². The van der Waals surface area contributed by atoms with Crippen LogP contribution in [0.4, 0.5) is 5.95 Å². The Balaban J connectivity index is 1.93. The lowest BCUT2D eigenvalue weighted by molar-refractivity contribution is 0.0708. The molecule has 0 aliphatic carbocycles. The summed E-state index contributed by atoms with van der Waals surface area (Å²) in [5.41, 5.74) is 3.24. The van der Waals surface area contributed by atoms with Gasteiger partial charge in [0.15, 0.2) is 0 Å². The normalized spacial score (nSPS) is 19.5. The van der Waals surface area contributed by atoms with E-state index < -0.39 is 0 Å². The highest BCUT2D eigenvalue weighted by Gasteiger charge is 2.27. The number of nitrogens with zero attached hydrogens (tertiary/aromatic N) is 3. The third kappa shape index (κ3) is 3.16. The largest absolute Gasteiger partial charge is 0.381 e. The van der Waals surface area contributed by atoms with Crippen LogP contribution in [0.25, 0.3) is 17.1 Å². The van der Waals surface area contributed by atoms with E-state index >= 15 is 0 Å². The van der Waals surface area contributed by atoms with Crippen LogP contribution >= 0.6 is 31.9 Å². The van der Waals surface area contributed by atoms with Crippen LogP contribution in [0.2, 0.25) is 0 Å². The van der Waals surface area contributed by atoms with Crippen LogP contribution in [0.5, 0.6) is 0 Å². The monoisotopic (exact) mass is 468 g/mol. The minimum absolute atomic E-state index is 0.425. The van der Waals surface area contributed by atoms with Gasteiger partial charge in [0.1, 0.15) is 0 Å². The van der Waals surface area contributed by atoms with Crippen molar-refractivity contribution in [1.29, 1.82) is 0 Å². The van der Waals surface area contributed by atoms with Crippen LogP contribution in [-0.4, -0.2) is 48.9 Å². The third-order valence-corrected chi connectivity index (χ3v) is 7.07. The molecule has 5 nitrogen and oxygen atoms in total. The van der Waals surface area contributed by atoms with Crippen LogP contribution in [0, 0.1) is 0 Å². The number of rotatable bonds is 3. The minimum atomic E-state index is 0.425. The number of hydrogen-bond acceptors (Lipinski definition) is 4. The fraction of sp³-hybridized carbons (Fsp3) is 0.500. The lowest BCUT2D eigenvalue weighted by Crippen LogP contribution is -2.45. The quantitative estimate of drug-likeness (QED) is 0.738. The van der Waals surface area contributed by atoms with E-state index in [0.29, 0.717) is 6.04 Å². The molecule has 4 rings (SSSR count). The number of anilines is 1. The molecule has 7 heteroatoms. The average molecular weight is 470 g/mol. The van der Waals surface area contributed by atoms with E-state index in [2.05, 4.69) is 59.3 Å². The Morgan fingerprint density at radius 2 is 1.96 bits per heavy atom. The number of hydrogen-bond donors (Lipinski definition) is 1. The molecule has 1 aromatic heterocycles. The molecule has 1 aromatic carbocycles. The van der Waals surface area contributed by atoms with Gasteiger partial charge in [-0.3, -0.25) is 0 Å². The molecule has 2 saturated heterocycles. The highest BCUT2D eigenvalue weighted by molar-refractivity contribution is 9.13. The van der Waals surface area contributed by atoms with Gasteiger partial charge in [0.25, 0.3) is 0 Å². The number of ether oxygens (including phenoxy) is 1. The van der Waals surface area contributed by atoms with E-state index in [1.54, 1.807) is 0 Å². The van der Waals surface area contributed by atoms with Crippen LogP contribution in [0.3, 0.4) is 0 Å². The number of benzene rings is 1. The van der Waals surface area contributed by atoms with Crippen molar-refractivity contribution in [3.05, 3.63) is 27.2 Å². The SMILES string of the molecule is C=Cc1c(Br)c(Br)cc2c1nc(N1CCNCC1)n2C1CCOCC1. The van der Waals surface area contributed by atoms with Crippen molar-refractivity contribution in [3.8, 4) is 0 Å². The zero-order valence-corrected chi connectivity index (χ0v) is 17.3. The summed E-state index contributed by atoms with van der Waals surface area (Å²) >= 11 is 7.36. The fourth-order valence-corrected chi connectivity index (χ4v) is 4.66. The van der Waals surface area contributed by atoms with Crippen molar-refractivity contribution in [2.45, 2.75) is 18.9 Å². The fourth-order valence-electron chi connectivity index (χ4n) is 3.76. The van der Waals surface area contributed by atoms with Crippen LogP contribution < -0.4 is 10.2 Å². The van der Waals surface area contributed by atoms with E-state index in [4.69, 9.17) is 9.72 Å². The van der Waals surface area contributed by atoms with Gasteiger partial charge >= 0.3 is 0 Å². The summed E-state index contributed by atoms with van der Waals surface area (Å²) in [4.78, 5) is 7.49. The smallest absolute Gasteiger partial charge is 0.206 e. The van der Waals surface area contributed by atoms with Gasteiger partial charge in [0.05, 0.1) is 11.0 Å². The molecule has 0 atom stereocenters. The summed E-state index contributed by atoms with van der Waals surface area (Å²) in [7, 11) is 0. The summed E-state index contributed by atoms with van der Waals surface area (Å²) in [6.45, 7) is 9.60. The Morgan fingerprint density at radius 3 is 2.64 bits per heavy atom. The number of piperazine rings is 1. The van der Waals surface area contributed by atoms with Gasteiger partial charge in [0.2, 0.25) is 5.95 Å². The second-order valence-electron chi connectivity index (χ2n) is 6.52. The van der Waals surface area contributed by atoms with Gasteiger partial charge in [-0.15, -0.1) is 0 Å². The summed E-state index contributed by atoms with van der Waals surface area (Å²) in [6.07, 6.45) is 3.95. The molecular weight excluding hydrogens is 448 g/mol. The highest BCUT2D eigenvalue weighted by atomic mass is 79.9. The number of fused-ring (bicyclic) bond motifs is 1. The molecule has 0 unspecified atom stereocenters. The molecule has 1 N–H and O–H groups in total. The van der Waals surface area contributed by atoms with E-state index in [9.17, 15) is 0 Å². The van der Waals surface area contributed by atoms with Gasteiger partial charge < -0.3 is 19.5 Å². The lowest BCUT2D eigenvalue weighted by atomic mass is 10.1. The van der Waals surface area contributed by atoms with Crippen molar-refractivity contribution in [2.24, 2.45) is 0 Å². The maximum absolute atomic E-state index is 5.59. The maximum Gasteiger partial charge on any atom is 0.206 e. The minimum Gasteiger partial charge on any atom is -0.381 e. The molecule has 0 saturated carbocycles. The molecule has 0 radical (unpaired) electrons. The molecule has 0 amide bonds. The Kier molecular flexibility index (Phi) is 5.18. The van der Waals surface area contributed by atoms with Crippen molar-refractivity contribution < 1.29 is 4.74 Å². The van der Waals surface area contributed by atoms with Gasteiger partial charge in [-0.05, 0) is 50.8 Å². The first-order chi connectivity index (χ1) is 12.2. The molecule has 2 aliphatic rings. The molecule has 25 heavy (non-hydrogen) atoms. The molecule has 3 heterocycles. The van der Waals surface area contributed by atoms with E-state index in [0.717, 1.165) is 78.2 Å². The number of nitrogens with one attached hydrogen (secondary N) is 1. The zero-order chi connectivity index (χ0) is 17.4.